The molecule has 1 rings (SSSR count). The number of aliphatic hydroxyl groups excluding tert-OH is 1. The molecule has 0 saturated carbocycles. The fourth-order valence-electron chi connectivity index (χ4n) is 1.35. The average Bonchev–Trinajstić information content (AvgIpc) is 2.16. The first-order valence-electron chi connectivity index (χ1n) is 4.97. The van der Waals surface area contributed by atoms with Gasteiger partial charge in [-0.05, 0) is 24.6 Å². The first-order chi connectivity index (χ1) is 6.52. The van der Waals surface area contributed by atoms with E-state index in [9.17, 15) is 5.11 Å². The van der Waals surface area contributed by atoms with Crippen molar-refractivity contribution < 1.29 is 5.11 Å². The molecule has 0 heterocycles. The van der Waals surface area contributed by atoms with Crippen molar-refractivity contribution in [2.45, 2.75) is 25.9 Å². The predicted octanol–water partition coefficient (Wildman–Crippen LogP) is 2.24. The summed E-state index contributed by atoms with van der Waals surface area (Å²) in [5, 5.41) is 9.44. The van der Waals surface area contributed by atoms with Crippen molar-refractivity contribution in [2.75, 3.05) is 19.0 Å². The van der Waals surface area contributed by atoms with Gasteiger partial charge < -0.3 is 10.0 Å². The van der Waals surface area contributed by atoms with Crippen molar-refractivity contribution in [1.29, 1.82) is 0 Å². The first-order valence-corrected chi connectivity index (χ1v) is 4.97. The number of hydrogen-bond donors (Lipinski definition) is 1. The van der Waals surface area contributed by atoms with Crippen molar-refractivity contribution in [1.82, 2.24) is 0 Å². The molecule has 1 aromatic rings. The summed E-state index contributed by atoms with van der Waals surface area (Å²) in [7, 11) is 4.04. The first kappa shape index (κ1) is 11.1. The van der Waals surface area contributed by atoms with Gasteiger partial charge in [0, 0.05) is 25.7 Å². The molecule has 2 nitrogen and oxygen atoms in total. The summed E-state index contributed by atoms with van der Waals surface area (Å²) in [5.41, 5.74) is 2.37. The minimum atomic E-state index is -0.291. The van der Waals surface area contributed by atoms with E-state index in [0.29, 0.717) is 0 Å². The molecule has 78 valence electrons. The highest BCUT2D eigenvalue weighted by atomic mass is 16.3. The Morgan fingerprint density at radius 3 is 1.93 bits per heavy atom. The highest BCUT2D eigenvalue weighted by molar-refractivity contribution is 5.46. The Hall–Kier alpha value is -1.02. The maximum absolute atomic E-state index is 9.44. The van der Waals surface area contributed by atoms with Crippen LogP contribution in [0, 0.1) is 0 Å². The third kappa shape index (κ3) is 2.48. The number of aliphatic hydroxyl groups is 1. The van der Waals surface area contributed by atoms with Crippen molar-refractivity contribution in [3.8, 4) is 0 Å². The smallest absolute Gasteiger partial charge is 0.0577 e. The minimum Gasteiger partial charge on any atom is -0.393 e. The van der Waals surface area contributed by atoms with E-state index >= 15 is 0 Å². The van der Waals surface area contributed by atoms with E-state index in [0.717, 1.165) is 0 Å². The Kier molecular flexibility index (Phi) is 3.53. The molecule has 1 aromatic carbocycles. The molecule has 0 saturated heterocycles. The van der Waals surface area contributed by atoms with Gasteiger partial charge in [-0.1, -0.05) is 19.1 Å². The lowest BCUT2D eigenvalue weighted by Gasteiger charge is -2.17. The van der Waals surface area contributed by atoms with Gasteiger partial charge in [-0.15, -0.1) is 0 Å². The van der Waals surface area contributed by atoms with E-state index in [-0.39, 0.29) is 12.0 Å². The van der Waals surface area contributed by atoms with Crippen LogP contribution in [0.25, 0.3) is 0 Å². The SMILES string of the molecule is CC(O)C(C)c1ccc(N(C)C)cc1. The third-order valence-electron chi connectivity index (χ3n) is 2.66. The maximum Gasteiger partial charge on any atom is 0.0577 e. The molecule has 0 aliphatic carbocycles. The quantitative estimate of drug-likeness (QED) is 0.795. The minimum absolute atomic E-state index is 0.200. The third-order valence-corrected chi connectivity index (χ3v) is 2.66. The summed E-state index contributed by atoms with van der Waals surface area (Å²) in [6.45, 7) is 3.86. The maximum atomic E-state index is 9.44. The van der Waals surface area contributed by atoms with E-state index < -0.39 is 0 Å². The van der Waals surface area contributed by atoms with Crippen LogP contribution in [-0.4, -0.2) is 25.3 Å². The molecule has 2 unspecified atom stereocenters. The van der Waals surface area contributed by atoms with Crippen LogP contribution in [0.4, 0.5) is 5.69 Å². The van der Waals surface area contributed by atoms with Crippen LogP contribution in [0.2, 0.25) is 0 Å². The van der Waals surface area contributed by atoms with Gasteiger partial charge in [0.2, 0.25) is 0 Å². The summed E-state index contributed by atoms with van der Waals surface area (Å²) < 4.78 is 0. The van der Waals surface area contributed by atoms with Crippen molar-refractivity contribution in [3.63, 3.8) is 0 Å². The summed E-state index contributed by atoms with van der Waals surface area (Å²) in [5.74, 6) is 0.200. The highest BCUT2D eigenvalue weighted by Gasteiger charge is 2.10. The Morgan fingerprint density at radius 2 is 1.57 bits per heavy atom. The zero-order valence-corrected chi connectivity index (χ0v) is 9.36. The second kappa shape index (κ2) is 4.47. The fraction of sp³-hybridized carbons (Fsp3) is 0.500. The van der Waals surface area contributed by atoms with Gasteiger partial charge in [0.1, 0.15) is 0 Å². The summed E-state index contributed by atoms with van der Waals surface area (Å²) in [6, 6.07) is 8.31. The molecule has 14 heavy (non-hydrogen) atoms. The number of benzene rings is 1. The summed E-state index contributed by atoms with van der Waals surface area (Å²) in [4.78, 5) is 2.07. The molecule has 0 aliphatic heterocycles. The molecule has 1 N–H and O–H groups in total. The largest absolute Gasteiger partial charge is 0.393 e. The second-order valence-corrected chi connectivity index (χ2v) is 4.02. The Bertz CT molecular complexity index is 277. The van der Waals surface area contributed by atoms with Gasteiger partial charge in [0.25, 0.3) is 0 Å². The number of anilines is 1. The van der Waals surface area contributed by atoms with Crippen LogP contribution in [0.1, 0.15) is 25.3 Å². The predicted molar refractivity (Wildman–Crippen MR) is 60.9 cm³/mol. The standard InChI is InChI=1S/C12H19NO/c1-9(10(2)14)11-5-7-12(8-6-11)13(3)4/h5-10,14H,1-4H3. The van der Waals surface area contributed by atoms with Crippen molar-refractivity contribution in [3.05, 3.63) is 29.8 Å². The molecule has 0 spiro atoms. The molecule has 0 amide bonds. The highest BCUT2D eigenvalue weighted by Crippen LogP contribution is 2.21. The van der Waals surface area contributed by atoms with Gasteiger partial charge in [-0.2, -0.15) is 0 Å². The van der Waals surface area contributed by atoms with Gasteiger partial charge in [0.05, 0.1) is 6.10 Å². The topological polar surface area (TPSA) is 23.5 Å². The summed E-state index contributed by atoms with van der Waals surface area (Å²) >= 11 is 0. The zero-order valence-electron chi connectivity index (χ0n) is 9.36. The Balaban J connectivity index is 2.83. The second-order valence-electron chi connectivity index (χ2n) is 4.02. The van der Waals surface area contributed by atoms with E-state index in [1.807, 2.05) is 27.9 Å². The Morgan fingerprint density at radius 1 is 1.07 bits per heavy atom. The molecule has 0 aromatic heterocycles. The molecule has 0 bridgehead atoms. The average molecular weight is 193 g/mol. The molecule has 0 radical (unpaired) electrons. The summed E-state index contributed by atoms with van der Waals surface area (Å²) in [6.07, 6.45) is -0.291. The number of nitrogens with zero attached hydrogens (tertiary/aromatic N) is 1. The van der Waals surface area contributed by atoms with Crippen LogP contribution >= 0.6 is 0 Å². The molecule has 2 heteroatoms. The van der Waals surface area contributed by atoms with Gasteiger partial charge >= 0.3 is 0 Å². The van der Waals surface area contributed by atoms with Crippen LogP contribution in [-0.2, 0) is 0 Å². The number of hydrogen-bond acceptors (Lipinski definition) is 2. The molecule has 0 aliphatic rings. The van der Waals surface area contributed by atoms with Crippen molar-refractivity contribution >= 4 is 5.69 Å². The Labute approximate surface area is 86.2 Å². The monoisotopic (exact) mass is 193 g/mol. The van der Waals surface area contributed by atoms with Crippen LogP contribution in [0.15, 0.2) is 24.3 Å². The van der Waals surface area contributed by atoms with E-state index in [4.69, 9.17) is 0 Å². The van der Waals surface area contributed by atoms with E-state index in [1.54, 1.807) is 0 Å². The normalized spacial score (nSPS) is 14.9. The lowest BCUT2D eigenvalue weighted by Crippen LogP contribution is -2.12. The lowest BCUT2D eigenvalue weighted by molar-refractivity contribution is 0.169. The van der Waals surface area contributed by atoms with E-state index in [2.05, 4.69) is 29.2 Å². The molecular weight excluding hydrogens is 174 g/mol. The van der Waals surface area contributed by atoms with Crippen LogP contribution < -0.4 is 4.90 Å². The molecule has 2 atom stereocenters. The molecule has 0 fully saturated rings. The van der Waals surface area contributed by atoms with Crippen LogP contribution in [0.3, 0.4) is 0 Å². The van der Waals surface area contributed by atoms with E-state index in [1.165, 1.54) is 11.3 Å². The lowest BCUT2D eigenvalue weighted by atomic mass is 9.96. The van der Waals surface area contributed by atoms with Gasteiger partial charge in [0.15, 0.2) is 0 Å². The zero-order chi connectivity index (χ0) is 10.7. The fourth-order valence-corrected chi connectivity index (χ4v) is 1.35. The molecular formula is C12H19NO. The number of rotatable bonds is 3. The van der Waals surface area contributed by atoms with Gasteiger partial charge in [-0.25, -0.2) is 0 Å². The van der Waals surface area contributed by atoms with Gasteiger partial charge in [-0.3, -0.25) is 0 Å². The van der Waals surface area contributed by atoms with Crippen molar-refractivity contribution in [2.24, 2.45) is 0 Å². The van der Waals surface area contributed by atoms with Crippen LogP contribution in [0.5, 0.6) is 0 Å².